The lowest BCUT2D eigenvalue weighted by Gasteiger charge is -2.33. The van der Waals surface area contributed by atoms with Crippen molar-refractivity contribution >= 4 is 0 Å². The van der Waals surface area contributed by atoms with E-state index in [0.29, 0.717) is 6.42 Å². The van der Waals surface area contributed by atoms with E-state index < -0.39 is 0 Å². The van der Waals surface area contributed by atoms with Gasteiger partial charge >= 0.3 is 0 Å². The smallest absolute Gasteiger partial charge is 0.0635 e. The highest BCUT2D eigenvalue weighted by molar-refractivity contribution is 5.13. The van der Waals surface area contributed by atoms with Crippen molar-refractivity contribution in [2.75, 3.05) is 13.1 Å². The molecule has 1 heterocycles. The minimum atomic E-state index is 0.0628. The Bertz CT molecular complexity index is 392. The van der Waals surface area contributed by atoms with Gasteiger partial charge in [-0.1, -0.05) is 13.8 Å². The van der Waals surface area contributed by atoms with Gasteiger partial charge in [0.25, 0.3) is 0 Å². The summed E-state index contributed by atoms with van der Waals surface area (Å²) in [4.78, 5) is 2.26. The summed E-state index contributed by atoms with van der Waals surface area (Å²) in [6.45, 7) is 5.82. The molecule has 0 aliphatic heterocycles. The molecule has 1 rings (SSSR count). The molecule has 0 radical (unpaired) electrons. The Morgan fingerprint density at radius 1 is 1.56 bits per heavy atom. The van der Waals surface area contributed by atoms with Gasteiger partial charge in [-0.05, 0) is 13.0 Å². The van der Waals surface area contributed by atoms with Gasteiger partial charge < -0.3 is 5.73 Å². The second-order valence-corrected chi connectivity index (χ2v) is 4.50. The Kier molecular flexibility index (Phi) is 5.83. The average Bonchev–Trinajstić information content (AvgIpc) is 2.79. The first-order valence-corrected chi connectivity index (χ1v) is 6.49. The maximum absolute atomic E-state index is 8.74. The lowest BCUT2D eigenvalue weighted by atomic mass is 9.99. The van der Waals surface area contributed by atoms with Crippen molar-refractivity contribution in [1.29, 1.82) is 5.26 Å². The summed E-state index contributed by atoms with van der Waals surface area (Å²) in [6.07, 6.45) is 5.31. The molecular formula is C13H23N5. The standard InChI is InChI=1S/C13H23N5/c1-4-12(15)13(11-9-16-17(3)10-11)18(5-2)8-6-7-14/h9-10,12-13H,4-6,8,15H2,1-3H3. The molecule has 0 aliphatic rings. The van der Waals surface area contributed by atoms with Crippen molar-refractivity contribution in [3.63, 3.8) is 0 Å². The van der Waals surface area contributed by atoms with Gasteiger partial charge in [-0.25, -0.2) is 0 Å². The fraction of sp³-hybridized carbons (Fsp3) is 0.692. The summed E-state index contributed by atoms with van der Waals surface area (Å²) >= 11 is 0. The van der Waals surface area contributed by atoms with Crippen LogP contribution in [0.4, 0.5) is 0 Å². The van der Waals surface area contributed by atoms with Crippen molar-refractivity contribution in [2.24, 2.45) is 12.8 Å². The van der Waals surface area contributed by atoms with Crippen LogP contribution in [-0.2, 0) is 7.05 Å². The van der Waals surface area contributed by atoms with Crippen molar-refractivity contribution in [1.82, 2.24) is 14.7 Å². The predicted molar refractivity (Wildman–Crippen MR) is 71.7 cm³/mol. The topological polar surface area (TPSA) is 70.9 Å². The molecule has 2 atom stereocenters. The minimum Gasteiger partial charge on any atom is -0.326 e. The summed E-state index contributed by atoms with van der Waals surface area (Å²) in [5, 5.41) is 13.0. The lowest BCUT2D eigenvalue weighted by molar-refractivity contribution is 0.181. The van der Waals surface area contributed by atoms with Gasteiger partial charge in [0.1, 0.15) is 0 Å². The third-order valence-corrected chi connectivity index (χ3v) is 3.25. The molecule has 0 spiro atoms. The summed E-state index contributed by atoms with van der Waals surface area (Å²) in [7, 11) is 1.91. The fourth-order valence-electron chi connectivity index (χ4n) is 2.23. The highest BCUT2D eigenvalue weighted by atomic mass is 15.3. The Hall–Kier alpha value is -1.38. The Balaban J connectivity index is 2.93. The van der Waals surface area contributed by atoms with Gasteiger partial charge in [0, 0.05) is 37.8 Å². The number of nitrogens with zero attached hydrogens (tertiary/aromatic N) is 4. The van der Waals surface area contributed by atoms with Gasteiger partial charge in [-0.2, -0.15) is 10.4 Å². The highest BCUT2D eigenvalue weighted by Gasteiger charge is 2.25. The number of rotatable bonds is 7. The number of nitrogens with two attached hydrogens (primary N) is 1. The molecule has 0 fully saturated rings. The van der Waals surface area contributed by atoms with Crippen LogP contribution in [0.25, 0.3) is 0 Å². The third-order valence-electron chi connectivity index (χ3n) is 3.25. The first kappa shape index (κ1) is 14.7. The molecule has 1 aromatic heterocycles. The normalized spacial score (nSPS) is 14.4. The molecular weight excluding hydrogens is 226 g/mol. The molecule has 2 N–H and O–H groups in total. The minimum absolute atomic E-state index is 0.0628. The second-order valence-electron chi connectivity index (χ2n) is 4.50. The van der Waals surface area contributed by atoms with E-state index in [9.17, 15) is 0 Å². The zero-order valence-corrected chi connectivity index (χ0v) is 11.5. The van der Waals surface area contributed by atoms with Crippen LogP contribution in [0.3, 0.4) is 0 Å². The van der Waals surface area contributed by atoms with Crippen molar-refractivity contribution in [2.45, 2.75) is 38.8 Å². The molecule has 100 valence electrons. The number of hydrogen-bond donors (Lipinski definition) is 1. The summed E-state index contributed by atoms with van der Waals surface area (Å²) in [5.41, 5.74) is 7.38. The second kappa shape index (κ2) is 7.14. The molecule has 0 bridgehead atoms. The molecule has 1 aromatic rings. The largest absolute Gasteiger partial charge is 0.326 e. The maximum Gasteiger partial charge on any atom is 0.0635 e. The van der Waals surface area contributed by atoms with E-state index in [0.717, 1.165) is 25.1 Å². The van der Waals surface area contributed by atoms with Crippen molar-refractivity contribution in [3.05, 3.63) is 18.0 Å². The van der Waals surface area contributed by atoms with Crippen LogP contribution in [0.5, 0.6) is 0 Å². The lowest BCUT2D eigenvalue weighted by Crippen LogP contribution is -2.41. The van der Waals surface area contributed by atoms with Gasteiger partial charge in [0.05, 0.1) is 18.3 Å². The summed E-state index contributed by atoms with van der Waals surface area (Å²) in [6, 6.07) is 2.40. The summed E-state index contributed by atoms with van der Waals surface area (Å²) in [5.74, 6) is 0. The Labute approximate surface area is 109 Å². The quantitative estimate of drug-likeness (QED) is 0.793. The van der Waals surface area contributed by atoms with Crippen LogP contribution >= 0.6 is 0 Å². The van der Waals surface area contributed by atoms with Crippen LogP contribution in [-0.4, -0.2) is 33.8 Å². The van der Waals surface area contributed by atoms with Crippen LogP contribution in [0.1, 0.15) is 38.3 Å². The molecule has 5 heteroatoms. The molecule has 0 aliphatic carbocycles. The fourth-order valence-corrected chi connectivity index (χ4v) is 2.23. The van der Waals surface area contributed by atoms with Crippen LogP contribution < -0.4 is 5.73 Å². The number of hydrogen-bond acceptors (Lipinski definition) is 4. The monoisotopic (exact) mass is 249 g/mol. The molecule has 0 aromatic carbocycles. The van der Waals surface area contributed by atoms with Crippen molar-refractivity contribution in [3.8, 4) is 6.07 Å². The first-order valence-electron chi connectivity index (χ1n) is 6.49. The zero-order valence-electron chi connectivity index (χ0n) is 11.5. The first-order chi connectivity index (χ1) is 8.63. The maximum atomic E-state index is 8.74. The number of likely N-dealkylation sites (N-methyl/N-ethyl adjacent to an activating group) is 1. The van der Waals surface area contributed by atoms with Gasteiger partial charge in [-0.3, -0.25) is 9.58 Å². The van der Waals surface area contributed by atoms with E-state index in [2.05, 4.69) is 29.9 Å². The number of aryl methyl sites for hydroxylation is 1. The average molecular weight is 249 g/mol. The van der Waals surface area contributed by atoms with E-state index >= 15 is 0 Å². The van der Waals surface area contributed by atoms with Crippen molar-refractivity contribution < 1.29 is 0 Å². The molecule has 0 saturated carbocycles. The van der Waals surface area contributed by atoms with E-state index in [1.54, 1.807) is 4.68 Å². The van der Waals surface area contributed by atoms with Crippen LogP contribution in [0, 0.1) is 11.3 Å². The SMILES string of the molecule is CCC(N)C(c1cnn(C)c1)N(CC)CCC#N. The van der Waals surface area contributed by atoms with Gasteiger partial charge in [0.2, 0.25) is 0 Å². The van der Waals surface area contributed by atoms with E-state index in [1.807, 2.05) is 19.4 Å². The van der Waals surface area contributed by atoms with E-state index in [4.69, 9.17) is 11.0 Å². The molecule has 18 heavy (non-hydrogen) atoms. The van der Waals surface area contributed by atoms with Crippen LogP contribution in [0.2, 0.25) is 0 Å². The predicted octanol–water partition coefficient (Wildman–Crippen LogP) is 1.43. The Morgan fingerprint density at radius 3 is 2.72 bits per heavy atom. The van der Waals surface area contributed by atoms with E-state index in [-0.39, 0.29) is 12.1 Å². The summed E-state index contributed by atoms with van der Waals surface area (Å²) < 4.78 is 1.79. The zero-order chi connectivity index (χ0) is 13.5. The highest BCUT2D eigenvalue weighted by Crippen LogP contribution is 2.24. The van der Waals surface area contributed by atoms with E-state index in [1.165, 1.54) is 0 Å². The molecule has 0 amide bonds. The Morgan fingerprint density at radius 2 is 2.28 bits per heavy atom. The number of nitriles is 1. The van der Waals surface area contributed by atoms with Gasteiger partial charge in [0.15, 0.2) is 0 Å². The molecule has 2 unspecified atom stereocenters. The number of aromatic nitrogens is 2. The molecule has 0 saturated heterocycles. The van der Waals surface area contributed by atoms with Crippen LogP contribution in [0.15, 0.2) is 12.4 Å². The van der Waals surface area contributed by atoms with Gasteiger partial charge in [-0.15, -0.1) is 0 Å². The molecule has 5 nitrogen and oxygen atoms in total. The third kappa shape index (κ3) is 3.56.